The Morgan fingerprint density at radius 3 is 2.19 bits per heavy atom. The molecule has 2 nitrogen and oxygen atoms in total. The second-order valence-corrected chi connectivity index (χ2v) is 3.22. The maximum Gasteiger partial charge on any atom is 0.152 e. The fourth-order valence-corrected chi connectivity index (χ4v) is 1.40. The molecule has 0 bridgehead atoms. The average molecular weight is 224 g/mol. The third kappa shape index (κ3) is 1.71. The Kier molecular flexibility index (Phi) is 2.52. The SMILES string of the molecule is Nc1ccc(F)c(-c2c(F)cncc2F)c1. The van der Waals surface area contributed by atoms with Gasteiger partial charge in [0.1, 0.15) is 5.82 Å². The van der Waals surface area contributed by atoms with Gasteiger partial charge in [-0.1, -0.05) is 0 Å². The Balaban J connectivity index is 2.72. The third-order valence-electron chi connectivity index (χ3n) is 2.11. The van der Waals surface area contributed by atoms with Crippen LogP contribution in [0.2, 0.25) is 0 Å². The monoisotopic (exact) mass is 224 g/mol. The number of nitrogens with zero attached hydrogens (tertiary/aromatic N) is 1. The molecule has 0 aliphatic carbocycles. The first-order chi connectivity index (χ1) is 7.59. The van der Waals surface area contributed by atoms with Gasteiger partial charge in [-0.2, -0.15) is 0 Å². The van der Waals surface area contributed by atoms with E-state index in [0.29, 0.717) is 0 Å². The number of rotatable bonds is 1. The van der Waals surface area contributed by atoms with E-state index in [-0.39, 0.29) is 11.3 Å². The lowest BCUT2D eigenvalue weighted by Gasteiger charge is -2.06. The van der Waals surface area contributed by atoms with Gasteiger partial charge in [0.2, 0.25) is 0 Å². The fraction of sp³-hybridized carbons (Fsp3) is 0. The molecule has 0 unspecified atom stereocenters. The number of benzene rings is 1. The minimum Gasteiger partial charge on any atom is -0.399 e. The van der Waals surface area contributed by atoms with E-state index in [9.17, 15) is 13.2 Å². The Hall–Kier alpha value is -2.04. The van der Waals surface area contributed by atoms with E-state index in [4.69, 9.17) is 5.73 Å². The lowest BCUT2D eigenvalue weighted by molar-refractivity contribution is 0.573. The van der Waals surface area contributed by atoms with E-state index in [1.54, 1.807) is 0 Å². The van der Waals surface area contributed by atoms with Crippen molar-refractivity contribution in [3.05, 3.63) is 48.0 Å². The van der Waals surface area contributed by atoms with Crippen LogP contribution in [0, 0.1) is 17.5 Å². The zero-order chi connectivity index (χ0) is 11.7. The number of hydrogen-bond donors (Lipinski definition) is 1. The highest BCUT2D eigenvalue weighted by Crippen LogP contribution is 2.29. The molecule has 0 radical (unpaired) electrons. The molecular formula is C11H7F3N2. The van der Waals surface area contributed by atoms with Gasteiger partial charge in [-0.05, 0) is 18.2 Å². The molecule has 0 amide bonds. The average Bonchev–Trinajstić information content (AvgIpc) is 2.23. The molecule has 2 aromatic rings. The maximum atomic E-state index is 13.4. The minimum atomic E-state index is -0.926. The maximum absolute atomic E-state index is 13.4. The van der Waals surface area contributed by atoms with Gasteiger partial charge >= 0.3 is 0 Å². The van der Waals surface area contributed by atoms with Crippen LogP contribution in [0.3, 0.4) is 0 Å². The molecule has 0 saturated carbocycles. The molecule has 0 aliphatic rings. The van der Waals surface area contributed by atoms with Crippen molar-refractivity contribution in [1.29, 1.82) is 0 Å². The topological polar surface area (TPSA) is 38.9 Å². The van der Waals surface area contributed by atoms with Gasteiger partial charge in [0.15, 0.2) is 11.6 Å². The Labute approximate surface area is 89.5 Å². The van der Waals surface area contributed by atoms with E-state index in [2.05, 4.69) is 4.98 Å². The number of nitrogen functional groups attached to an aromatic ring is 1. The highest BCUT2D eigenvalue weighted by Gasteiger charge is 2.15. The second kappa shape index (κ2) is 3.84. The number of nitrogens with two attached hydrogens (primary N) is 1. The molecular weight excluding hydrogens is 217 g/mol. The molecule has 0 saturated heterocycles. The van der Waals surface area contributed by atoms with Crippen LogP contribution in [0.4, 0.5) is 18.9 Å². The van der Waals surface area contributed by atoms with E-state index in [1.165, 1.54) is 12.1 Å². The zero-order valence-corrected chi connectivity index (χ0v) is 8.05. The van der Waals surface area contributed by atoms with Gasteiger partial charge in [0, 0.05) is 11.3 Å². The third-order valence-corrected chi connectivity index (χ3v) is 2.11. The van der Waals surface area contributed by atoms with Gasteiger partial charge in [0.05, 0.1) is 18.0 Å². The summed E-state index contributed by atoms with van der Waals surface area (Å²) in [5, 5.41) is 0. The molecule has 1 aromatic heterocycles. The van der Waals surface area contributed by atoms with Gasteiger partial charge in [-0.15, -0.1) is 0 Å². The molecule has 2 N–H and O–H groups in total. The number of anilines is 1. The Bertz CT molecular complexity index is 520. The molecule has 5 heteroatoms. The van der Waals surface area contributed by atoms with Crippen LogP contribution < -0.4 is 5.73 Å². The first-order valence-corrected chi connectivity index (χ1v) is 4.44. The van der Waals surface area contributed by atoms with E-state index < -0.39 is 23.0 Å². The number of pyridine rings is 1. The van der Waals surface area contributed by atoms with Gasteiger partial charge in [0.25, 0.3) is 0 Å². The van der Waals surface area contributed by atoms with Crippen LogP contribution in [0.5, 0.6) is 0 Å². The van der Waals surface area contributed by atoms with E-state index in [1.807, 2.05) is 0 Å². The molecule has 82 valence electrons. The highest BCUT2D eigenvalue weighted by atomic mass is 19.1. The summed E-state index contributed by atoms with van der Waals surface area (Å²) >= 11 is 0. The summed E-state index contributed by atoms with van der Waals surface area (Å²) in [5.41, 5.74) is 5.00. The number of hydrogen-bond acceptors (Lipinski definition) is 2. The van der Waals surface area contributed by atoms with Crippen molar-refractivity contribution >= 4 is 5.69 Å². The van der Waals surface area contributed by atoms with Crippen LogP contribution in [0.25, 0.3) is 11.1 Å². The predicted octanol–water partition coefficient (Wildman–Crippen LogP) is 2.75. The van der Waals surface area contributed by atoms with Crippen LogP contribution in [-0.4, -0.2) is 4.98 Å². The molecule has 1 heterocycles. The standard InChI is InChI=1S/C11H7F3N2/c12-8-2-1-6(15)3-7(8)11-9(13)4-16-5-10(11)14/h1-5H,15H2. The van der Waals surface area contributed by atoms with Crippen molar-refractivity contribution in [3.8, 4) is 11.1 Å². The van der Waals surface area contributed by atoms with Crippen LogP contribution in [0.1, 0.15) is 0 Å². The summed E-state index contributed by atoms with van der Waals surface area (Å²) in [5.74, 6) is -2.59. The first-order valence-electron chi connectivity index (χ1n) is 4.44. The van der Waals surface area contributed by atoms with Gasteiger partial charge in [-0.3, -0.25) is 4.98 Å². The summed E-state index contributed by atoms with van der Waals surface area (Å²) < 4.78 is 40.1. The molecule has 1 aromatic carbocycles. The summed E-state index contributed by atoms with van der Waals surface area (Å²) in [6.45, 7) is 0. The Morgan fingerprint density at radius 1 is 0.938 bits per heavy atom. The predicted molar refractivity (Wildman–Crippen MR) is 54.0 cm³/mol. The largest absolute Gasteiger partial charge is 0.399 e. The molecule has 16 heavy (non-hydrogen) atoms. The quantitative estimate of drug-likeness (QED) is 0.756. The summed E-state index contributed by atoms with van der Waals surface area (Å²) in [6.07, 6.45) is 1.64. The molecule has 0 fully saturated rings. The minimum absolute atomic E-state index is 0.211. The summed E-state index contributed by atoms with van der Waals surface area (Å²) in [4.78, 5) is 3.32. The van der Waals surface area contributed by atoms with Crippen molar-refractivity contribution in [2.24, 2.45) is 0 Å². The normalized spacial score (nSPS) is 10.4. The fourth-order valence-electron chi connectivity index (χ4n) is 1.40. The number of aromatic nitrogens is 1. The van der Waals surface area contributed by atoms with Crippen LogP contribution in [-0.2, 0) is 0 Å². The van der Waals surface area contributed by atoms with Crippen molar-refractivity contribution in [1.82, 2.24) is 4.98 Å². The molecule has 0 aliphatic heterocycles. The van der Waals surface area contributed by atoms with Crippen LogP contribution >= 0.6 is 0 Å². The van der Waals surface area contributed by atoms with Gasteiger partial charge in [-0.25, -0.2) is 13.2 Å². The zero-order valence-electron chi connectivity index (χ0n) is 8.05. The Morgan fingerprint density at radius 2 is 1.56 bits per heavy atom. The molecule has 2 rings (SSSR count). The second-order valence-electron chi connectivity index (χ2n) is 3.22. The molecule has 0 atom stereocenters. The van der Waals surface area contributed by atoms with Crippen molar-refractivity contribution in [2.75, 3.05) is 5.73 Å². The summed E-state index contributed by atoms with van der Waals surface area (Å²) in [7, 11) is 0. The lowest BCUT2D eigenvalue weighted by atomic mass is 10.0. The smallest absolute Gasteiger partial charge is 0.152 e. The highest BCUT2D eigenvalue weighted by molar-refractivity contribution is 5.68. The molecule has 0 spiro atoms. The number of halogens is 3. The van der Waals surface area contributed by atoms with Crippen LogP contribution in [0.15, 0.2) is 30.6 Å². The van der Waals surface area contributed by atoms with E-state index in [0.717, 1.165) is 18.5 Å². The summed E-state index contributed by atoms with van der Waals surface area (Å²) in [6, 6.07) is 3.55. The first kappa shape index (κ1) is 10.5. The van der Waals surface area contributed by atoms with E-state index >= 15 is 0 Å². The van der Waals surface area contributed by atoms with Crippen molar-refractivity contribution in [3.63, 3.8) is 0 Å². The van der Waals surface area contributed by atoms with Crippen molar-refractivity contribution < 1.29 is 13.2 Å². The lowest BCUT2D eigenvalue weighted by Crippen LogP contribution is -1.96. The van der Waals surface area contributed by atoms with Gasteiger partial charge < -0.3 is 5.73 Å². The van der Waals surface area contributed by atoms with Crippen molar-refractivity contribution in [2.45, 2.75) is 0 Å².